The molecular formula is C32H38N4O4. The number of rotatable bonds is 8. The Hall–Kier alpha value is -3.91. The van der Waals surface area contributed by atoms with E-state index in [0.717, 1.165) is 47.5 Å². The van der Waals surface area contributed by atoms with E-state index in [-0.39, 0.29) is 24.1 Å². The van der Waals surface area contributed by atoms with Crippen LogP contribution in [-0.2, 0) is 15.1 Å². The normalized spacial score (nSPS) is 22.2. The zero-order chi connectivity index (χ0) is 28.5. The summed E-state index contributed by atoms with van der Waals surface area (Å²) < 4.78 is 6.15. The number of amides is 2. The molecule has 3 aromatic rings. The van der Waals surface area contributed by atoms with Crippen LogP contribution in [0.5, 0.6) is 0 Å². The van der Waals surface area contributed by atoms with Crippen molar-refractivity contribution in [3.8, 4) is 11.1 Å². The number of anilines is 1. The van der Waals surface area contributed by atoms with Gasteiger partial charge in [-0.25, -0.2) is 9.78 Å². The Labute approximate surface area is 235 Å². The average molecular weight is 543 g/mol. The second-order valence-electron chi connectivity index (χ2n) is 11.6. The van der Waals surface area contributed by atoms with E-state index in [1.165, 1.54) is 0 Å². The third kappa shape index (κ3) is 5.68. The third-order valence-corrected chi connectivity index (χ3v) is 8.11. The van der Waals surface area contributed by atoms with Crippen molar-refractivity contribution in [2.24, 2.45) is 5.73 Å². The maximum atomic E-state index is 13.4. The molecule has 1 aromatic heterocycles. The SMILES string of the molecule is C[C@@H](c1ccc(-c2ccc(N3CCCC3C(N)=O)nc2)cc1)N1CCC(CC(C)(C)O)(c2ccccc2)OC1=O. The monoisotopic (exact) mass is 542 g/mol. The number of benzene rings is 2. The first-order valence-electron chi connectivity index (χ1n) is 14.0. The van der Waals surface area contributed by atoms with Crippen LogP contribution in [0.4, 0.5) is 10.6 Å². The molecule has 0 bridgehead atoms. The summed E-state index contributed by atoms with van der Waals surface area (Å²) in [4.78, 5) is 33.4. The number of pyridine rings is 1. The Morgan fingerprint density at radius 3 is 2.40 bits per heavy atom. The number of carbonyl (C=O) groups excluding carboxylic acids is 2. The fourth-order valence-electron chi connectivity index (χ4n) is 6.09. The fourth-order valence-corrected chi connectivity index (χ4v) is 6.09. The Balaban J connectivity index is 1.28. The van der Waals surface area contributed by atoms with Gasteiger partial charge < -0.3 is 25.4 Å². The molecule has 5 rings (SSSR count). The first-order chi connectivity index (χ1) is 19.1. The molecule has 2 fully saturated rings. The van der Waals surface area contributed by atoms with E-state index < -0.39 is 11.2 Å². The van der Waals surface area contributed by atoms with Gasteiger partial charge in [0.25, 0.3) is 0 Å². The predicted molar refractivity (Wildman–Crippen MR) is 154 cm³/mol. The van der Waals surface area contributed by atoms with Gasteiger partial charge in [0.1, 0.15) is 17.5 Å². The maximum absolute atomic E-state index is 13.4. The lowest BCUT2D eigenvalue weighted by molar-refractivity contribution is -0.119. The van der Waals surface area contributed by atoms with Crippen molar-refractivity contribution < 1.29 is 19.4 Å². The average Bonchev–Trinajstić information content (AvgIpc) is 3.43. The highest BCUT2D eigenvalue weighted by atomic mass is 16.6. The summed E-state index contributed by atoms with van der Waals surface area (Å²) >= 11 is 0. The first-order valence-corrected chi connectivity index (χ1v) is 14.0. The molecule has 210 valence electrons. The maximum Gasteiger partial charge on any atom is 0.411 e. The van der Waals surface area contributed by atoms with Crippen LogP contribution in [0, 0.1) is 0 Å². The van der Waals surface area contributed by atoms with Gasteiger partial charge in [0.05, 0.1) is 11.6 Å². The van der Waals surface area contributed by atoms with Gasteiger partial charge in [-0.1, -0.05) is 54.6 Å². The van der Waals surface area contributed by atoms with Gasteiger partial charge >= 0.3 is 6.09 Å². The van der Waals surface area contributed by atoms with E-state index >= 15 is 0 Å². The van der Waals surface area contributed by atoms with Crippen LogP contribution < -0.4 is 10.6 Å². The van der Waals surface area contributed by atoms with Gasteiger partial charge in [-0.05, 0) is 62.4 Å². The highest BCUT2D eigenvalue weighted by Gasteiger charge is 2.46. The molecule has 2 aromatic carbocycles. The van der Waals surface area contributed by atoms with Gasteiger partial charge in [-0.2, -0.15) is 0 Å². The summed E-state index contributed by atoms with van der Waals surface area (Å²) in [5.41, 5.74) is 7.57. The van der Waals surface area contributed by atoms with Gasteiger partial charge in [-0.15, -0.1) is 0 Å². The van der Waals surface area contributed by atoms with E-state index in [4.69, 9.17) is 10.5 Å². The molecule has 2 saturated heterocycles. The summed E-state index contributed by atoms with van der Waals surface area (Å²) in [6.07, 6.45) is 4.02. The zero-order valence-corrected chi connectivity index (χ0v) is 23.4. The lowest BCUT2D eigenvalue weighted by Crippen LogP contribution is -2.51. The molecule has 2 aliphatic heterocycles. The van der Waals surface area contributed by atoms with Crippen LogP contribution in [0.15, 0.2) is 72.9 Å². The Bertz CT molecular complexity index is 1340. The topological polar surface area (TPSA) is 109 Å². The molecule has 0 aliphatic carbocycles. The summed E-state index contributed by atoms with van der Waals surface area (Å²) in [5.74, 6) is 0.448. The second-order valence-corrected chi connectivity index (χ2v) is 11.6. The lowest BCUT2D eigenvalue weighted by Gasteiger charge is -2.45. The van der Waals surface area contributed by atoms with E-state index in [1.54, 1.807) is 18.7 Å². The largest absolute Gasteiger partial charge is 0.438 e. The number of cyclic esters (lactones) is 1. The minimum atomic E-state index is -0.995. The predicted octanol–water partition coefficient (Wildman–Crippen LogP) is 5.16. The van der Waals surface area contributed by atoms with Crippen molar-refractivity contribution in [2.45, 2.75) is 69.7 Å². The van der Waals surface area contributed by atoms with E-state index in [1.807, 2.05) is 84.8 Å². The zero-order valence-electron chi connectivity index (χ0n) is 23.4. The number of primary amides is 1. The number of nitrogens with two attached hydrogens (primary N) is 1. The van der Waals surface area contributed by atoms with Crippen LogP contribution >= 0.6 is 0 Å². The minimum absolute atomic E-state index is 0.182. The third-order valence-electron chi connectivity index (χ3n) is 8.11. The molecule has 3 atom stereocenters. The van der Waals surface area contributed by atoms with Crippen molar-refractivity contribution in [3.63, 3.8) is 0 Å². The van der Waals surface area contributed by atoms with Gasteiger partial charge in [-0.3, -0.25) is 4.79 Å². The molecule has 2 unspecified atom stereocenters. The summed E-state index contributed by atoms with van der Waals surface area (Å²) in [5, 5.41) is 10.6. The smallest absolute Gasteiger partial charge is 0.411 e. The molecular weight excluding hydrogens is 504 g/mol. The molecule has 2 amide bonds. The highest BCUT2D eigenvalue weighted by molar-refractivity contribution is 5.84. The number of ether oxygens (including phenoxy) is 1. The molecule has 3 heterocycles. The van der Waals surface area contributed by atoms with Crippen LogP contribution in [-0.4, -0.2) is 51.7 Å². The van der Waals surface area contributed by atoms with Crippen molar-refractivity contribution >= 4 is 17.8 Å². The van der Waals surface area contributed by atoms with Crippen molar-refractivity contribution in [2.75, 3.05) is 18.0 Å². The van der Waals surface area contributed by atoms with Crippen molar-refractivity contribution in [3.05, 3.63) is 84.1 Å². The Kier molecular flexibility index (Phi) is 7.55. The van der Waals surface area contributed by atoms with Crippen molar-refractivity contribution in [1.29, 1.82) is 0 Å². The fraction of sp³-hybridized carbons (Fsp3) is 0.406. The summed E-state index contributed by atoms with van der Waals surface area (Å²) in [7, 11) is 0. The van der Waals surface area contributed by atoms with Crippen LogP contribution in [0.1, 0.15) is 63.6 Å². The number of nitrogens with zero attached hydrogens (tertiary/aromatic N) is 3. The van der Waals surface area contributed by atoms with E-state index in [2.05, 4.69) is 4.98 Å². The van der Waals surface area contributed by atoms with Gasteiger partial charge in [0.15, 0.2) is 0 Å². The summed E-state index contributed by atoms with van der Waals surface area (Å²) in [6.45, 7) is 6.78. The number of carbonyl (C=O) groups is 2. The van der Waals surface area contributed by atoms with Crippen LogP contribution in [0.25, 0.3) is 11.1 Å². The van der Waals surface area contributed by atoms with Crippen molar-refractivity contribution in [1.82, 2.24) is 9.88 Å². The quantitative estimate of drug-likeness (QED) is 0.407. The second kappa shape index (κ2) is 10.9. The van der Waals surface area contributed by atoms with Crippen LogP contribution in [0.2, 0.25) is 0 Å². The molecule has 3 N–H and O–H groups in total. The Morgan fingerprint density at radius 2 is 1.80 bits per heavy atom. The van der Waals surface area contributed by atoms with Gasteiger partial charge in [0.2, 0.25) is 5.91 Å². The molecule has 40 heavy (non-hydrogen) atoms. The number of aromatic nitrogens is 1. The Morgan fingerprint density at radius 1 is 1.10 bits per heavy atom. The molecule has 2 aliphatic rings. The minimum Gasteiger partial charge on any atom is -0.438 e. The number of aliphatic hydroxyl groups is 1. The molecule has 8 heteroatoms. The highest BCUT2D eigenvalue weighted by Crippen LogP contribution is 2.42. The number of hydrogen-bond acceptors (Lipinski definition) is 6. The standard InChI is InChI=1S/C32H38N4O4/c1-22(35-19-17-32(40-30(35)38,21-31(2,3)39)26-8-5-4-6-9-26)23-11-13-24(14-12-23)25-15-16-28(34-20-25)36-18-7-10-27(36)29(33)37/h4-6,8-9,11-16,20,22,27,39H,7,10,17-19,21H2,1-3H3,(H2,33,37)/t22-,27?,32?/m0/s1. The molecule has 0 spiro atoms. The van der Waals surface area contributed by atoms with Crippen LogP contribution in [0.3, 0.4) is 0 Å². The molecule has 0 saturated carbocycles. The first kappa shape index (κ1) is 27.6. The lowest BCUT2D eigenvalue weighted by atomic mass is 9.80. The van der Waals surface area contributed by atoms with E-state index in [0.29, 0.717) is 19.4 Å². The molecule has 0 radical (unpaired) electrons. The summed E-state index contributed by atoms with van der Waals surface area (Å²) in [6, 6.07) is 21.3. The number of hydrogen-bond donors (Lipinski definition) is 2. The molecule has 8 nitrogen and oxygen atoms in total. The van der Waals surface area contributed by atoms with Gasteiger partial charge in [0, 0.05) is 37.7 Å². The van der Waals surface area contributed by atoms with E-state index in [9.17, 15) is 14.7 Å².